The third kappa shape index (κ3) is 7.78. The van der Waals surface area contributed by atoms with Gasteiger partial charge in [0.2, 0.25) is 0 Å². The number of hydrogen-bond donors (Lipinski definition) is 2. The maximum Gasteiger partial charge on any atom is 0.328 e. The Morgan fingerprint density at radius 3 is 2.73 bits per heavy atom. The molecule has 11 nitrogen and oxygen atoms in total. The van der Waals surface area contributed by atoms with Gasteiger partial charge in [0, 0.05) is 35.1 Å². The number of esters is 2. The van der Waals surface area contributed by atoms with Gasteiger partial charge in [-0.25, -0.2) is 9.48 Å². The molecule has 0 bridgehead atoms. The van der Waals surface area contributed by atoms with Gasteiger partial charge in [-0.1, -0.05) is 17.3 Å². The summed E-state index contributed by atoms with van der Waals surface area (Å²) in [6.45, 7) is 0.0334. The molecule has 0 unspecified atom stereocenters. The van der Waals surface area contributed by atoms with E-state index in [9.17, 15) is 19.5 Å². The monoisotopic (exact) mass is 510 g/mol. The van der Waals surface area contributed by atoms with Crippen LogP contribution in [0.3, 0.4) is 0 Å². The molecular weight excluding hydrogens is 490 g/mol. The van der Waals surface area contributed by atoms with E-state index in [4.69, 9.17) is 4.74 Å². The van der Waals surface area contributed by atoms with Gasteiger partial charge in [-0.15, -0.1) is 5.10 Å². The second-order valence-electron chi connectivity index (χ2n) is 5.85. The van der Waals surface area contributed by atoms with Gasteiger partial charge in [0.1, 0.15) is 18.3 Å². The SMILES string of the molecule is COC(=O)Cn1cc(C(=O)N[C@@H](CCN=Cc2cccc(O)c2)C(=O)OC)nn1.[Ag]. The Labute approximate surface area is 188 Å². The van der Waals surface area contributed by atoms with Crippen LogP contribution in [0.5, 0.6) is 5.75 Å². The van der Waals surface area contributed by atoms with Gasteiger partial charge in [-0.05, 0) is 24.1 Å². The number of phenols is 1. The van der Waals surface area contributed by atoms with E-state index in [-0.39, 0.29) is 53.3 Å². The standard InChI is InChI=1S/C18H21N5O6.Ag/c1-28-16(25)11-23-10-15(21-22-23)17(26)20-14(18(27)29-2)6-7-19-9-12-4-3-5-13(24)8-12;/h3-5,8-10,14,24H,6-7,11H2,1-2H3,(H,20,26);/t14-;/m0./s1. The fourth-order valence-electron chi connectivity index (χ4n) is 2.28. The average molecular weight is 511 g/mol. The second kappa shape index (κ2) is 12.5. The van der Waals surface area contributed by atoms with E-state index in [1.165, 1.54) is 20.4 Å². The molecule has 0 saturated carbocycles. The summed E-state index contributed by atoms with van der Waals surface area (Å²) in [4.78, 5) is 39.7. The van der Waals surface area contributed by atoms with Crippen molar-refractivity contribution in [3.8, 4) is 5.75 Å². The number of benzene rings is 1. The van der Waals surface area contributed by atoms with Crippen LogP contribution >= 0.6 is 0 Å². The molecule has 2 rings (SSSR count). The van der Waals surface area contributed by atoms with Crippen molar-refractivity contribution in [3.63, 3.8) is 0 Å². The Morgan fingerprint density at radius 2 is 2.07 bits per heavy atom. The van der Waals surface area contributed by atoms with Crippen molar-refractivity contribution in [1.82, 2.24) is 20.3 Å². The number of rotatable bonds is 9. The van der Waals surface area contributed by atoms with Gasteiger partial charge in [0.15, 0.2) is 5.69 Å². The second-order valence-corrected chi connectivity index (χ2v) is 5.85. The van der Waals surface area contributed by atoms with Crippen LogP contribution in [0.4, 0.5) is 0 Å². The van der Waals surface area contributed by atoms with Crippen LogP contribution in [0.1, 0.15) is 22.5 Å². The Bertz CT molecular complexity index is 901. The quantitative estimate of drug-likeness (QED) is 0.271. The minimum Gasteiger partial charge on any atom is -0.508 e. The van der Waals surface area contributed by atoms with Gasteiger partial charge in [0.05, 0.1) is 20.4 Å². The zero-order valence-corrected chi connectivity index (χ0v) is 17.7. The number of aliphatic imine (C=N–C) groups is 1. The van der Waals surface area contributed by atoms with Gasteiger partial charge in [-0.3, -0.25) is 14.6 Å². The molecule has 1 atom stereocenters. The van der Waals surface area contributed by atoms with E-state index >= 15 is 0 Å². The first-order chi connectivity index (χ1) is 13.9. The summed E-state index contributed by atoms with van der Waals surface area (Å²) in [6.07, 6.45) is 3.00. The molecule has 0 saturated heterocycles. The van der Waals surface area contributed by atoms with Crippen molar-refractivity contribution in [1.29, 1.82) is 0 Å². The molecule has 2 aromatic rings. The van der Waals surface area contributed by atoms with Gasteiger partial charge in [-0.2, -0.15) is 0 Å². The molecule has 1 amide bonds. The van der Waals surface area contributed by atoms with Crippen LogP contribution in [0.25, 0.3) is 0 Å². The maximum absolute atomic E-state index is 12.3. The third-order valence-corrected chi connectivity index (χ3v) is 3.74. The van der Waals surface area contributed by atoms with Crippen molar-refractivity contribution in [2.24, 2.45) is 4.99 Å². The number of methoxy groups -OCH3 is 2. The molecule has 1 aromatic heterocycles. The van der Waals surface area contributed by atoms with Crippen LogP contribution in [-0.4, -0.2) is 71.0 Å². The fourth-order valence-corrected chi connectivity index (χ4v) is 2.28. The summed E-state index contributed by atoms with van der Waals surface area (Å²) >= 11 is 0. The first-order valence-corrected chi connectivity index (χ1v) is 8.57. The van der Waals surface area contributed by atoms with E-state index in [1.807, 2.05) is 0 Å². The summed E-state index contributed by atoms with van der Waals surface area (Å²) in [5.74, 6) is -1.70. The van der Waals surface area contributed by atoms with Crippen molar-refractivity contribution < 1.29 is 51.3 Å². The molecular formula is C18H21AgN5O6. The number of aromatic nitrogens is 3. The molecule has 0 spiro atoms. The number of carbonyl (C=O) groups excluding carboxylic acids is 3. The molecule has 1 aromatic carbocycles. The molecule has 0 fully saturated rings. The fraction of sp³-hybridized carbons (Fsp3) is 0.333. The van der Waals surface area contributed by atoms with Crippen molar-refractivity contribution in [2.45, 2.75) is 19.0 Å². The molecule has 0 aliphatic rings. The van der Waals surface area contributed by atoms with Crippen molar-refractivity contribution >= 4 is 24.1 Å². The van der Waals surface area contributed by atoms with E-state index in [0.717, 1.165) is 4.68 Å². The predicted molar refractivity (Wildman–Crippen MR) is 100 cm³/mol. The third-order valence-electron chi connectivity index (χ3n) is 3.74. The Kier molecular flexibility index (Phi) is 10.4. The minimum absolute atomic E-state index is 0. The molecule has 1 radical (unpaired) electrons. The van der Waals surface area contributed by atoms with Gasteiger partial charge in [0.25, 0.3) is 5.91 Å². The first-order valence-electron chi connectivity index (χ1n) is 8.57. The summed E-state index contributed by atoms with van der Waals surface area (Å²) in [5, 5.41) is 19.3. The summed E-state index contributed by atoms with van der Waals surface area (Å²) in [6, 6.07) is 5.59. The van der Waals surface area contributed by atoms with E-state index in [0.29, 0.717) is 5.56 Å². The Balaban J connectivity index is 0.00000450. The molecule has 165 valence electrons. The molecule has 12 heteroatoms. The van der Waals surface area contributed by atoms with Crippen LogP contribution < -0.4 is 5.32 Å². The number of amides is 1. The molecule has 0 aliphatic carbocycles. The van der Waals surface area contributed by atoms with Crippen molar-refractivity contribution in [3.05, 3.63) is 41.7 Å². The summed E-state index contributed by atoms with van der Waals surface area (Å²) in [5.41, 5.74) is 0.636. The zero-order chi connectivity index (χ0) is 21.2. The van der Waals surface area contributed by atoms with Crippen LogP contribution in [0.15, 0.2) is 35.5 Å². The average Bonchev–Trinajstić information content (AvgIpc) is 3.18. The minimum atomic E-state index is -0.945. The van der Waals surface area contributed by atoms with Gasteiger partial charge >= 0.3 is 11.9 Å². The summed E-state index contributed by atoms with van der Waals surface area (Å²) < 4.78 is 10.4. The Morgan fingerprint density at radius 1 is 1.30 bits per heavy atom. The van der Waals surface area contributed by atoms with E-state index < -0.39 is 23.9 Å². The largest absolute Gasteiger partial charge is 0.508 e. The number of hydrogen-bond acceptors (Lipinski definition) is 9. The first kappa shape index (κ1) is 25.0. The zero-order valence-electron chi connectivity index (χ0n) is 16.2. The predicted octanol–water partition coefficient (Wildman–Crippen LogP) is -0.0652. The number of nitrogens with zero attached hydrogens (tertiary/aromatic N) is 4. The topological polar surface area (TPSA) is 145 Å². The van der Waals surface area contributed by atoms with Gasteiger partial charge < -0.3 is 19.9 Å². The van der Waals surface area contributed by atoms with E-state index in [1.54, 1.807) is 30.5 Å². The molecule has 1 heterocycles. The number of phenolic OH excluding ortho intramolecular Hbond substituents is 1. The molecule has 30 heavy (non-hydrogen) atoms. The molecule has 0 aliphatic heterocycles. The maximum atomic E-state index is 12.3. The smallest absolute Gasteiger partial charge is 0.328 e. The number of aromatic hydroxyl groups is 1. The van der Waals surface area contributed by atoms with Crippen LogP contribution in [0, 0.1) is 0 Å². The van der Waals surface area contributed by atoms with Crippen LogP contribution in [0.2, 0.25) is 0 Å². The number of ether oxygens (including phenoxy) is 2. The number of nitrogens with one attached hydrogen (secondary N) is 1. The Hall–Kier alpha value is -3.02. The van der Waals surface area contributed by atoms with Crippen molar-refractivity contribution in [2.75, 3.05) is 20.8 Å². The normalized spacial score (nSPS) is 11.4. The van der Waals surface area contributed by atoms with Crippen LogP contribution in [-0.2, 0) is 48.0 Å². The molecule has 2 N–H and O–H groups in total. The number of carbonyl (C=O) groups is 3. The van der Waals surface area contributed by atoms with E-state index in [2.05, 4.69) is 25.4 Å². The summed E-state index contributed by atoms with van der Waals surface area (Å²) in [7, 11) is 2.45.